The van der Waals surface area contributed by atoms with Gasteiger partial charge in [0.2, 0.25) is 11.8 Å². The largest absolute Gasteiger partial charge is 0.295 e. The van der Waals surface area contributed by atoms with E-state index in [0.29, 0.717) is 4.90 Å². The van der Waals surface area contributed by atoms with E-state index < -0.39 is 40.3 Å². The topological polar surface area (TPSA) is 127 Å². The van der Waals surface area contributed by atoms with Crippen LogP contribution in [-0.2, 0) is 9.59 Å². The van der Waals surface area contributed by atoms with Gasteiger partial charge in [-0.3, -0.25) is 39.5 Å². The van der Waals surface area contributed by atoms with E-state index in [1.807, 2.05) is 5.32 Å². The fourth-order valence-electron chi connectivity index (χ4n) is 2.18. The molecule has 1 unspecified atom stereocenters. The lowest BCUT2D eigenvalue weighted by Gasteiger charge is -2.20. The van der Waals surface area contributed by atoms with Crippen molar-refractivity contribution in [2.45, 2.75) is 19.9 Å². The van der Waals surface area contributed by atoms with Gasteiger partial charge in [-0.25, -0.2) is 0 Å². The number of benzene rings is 1. The number of hydrogen-bond acceptors (Lipinski definition) is 6. The first-order valence-electron chi connectivity index (χ1n) is 6.22. The van der Waals surface area contributed by atoms with Crippen molar-refractivity contribution in [3.8, 4) is 0 Å². The van der Waals surface area contributed by atoms with Gasteiger partial charge in [0.05, 0.1) is 10.5 Å². The molecule has 0 bridgehead atoms. The molecule has 114 valence electrons. The van der Waals surface area contributed by atoms with Crippen LogP contribution in [0.5, 0.6) is 0 Å². The van der Waals surface area contributed by atoms with Gasteiger partial charge in [-0.15, -0.1) is 0 Å². The summed E-state index contributed by atoms with van der Waals surface area (Å²) in [5.41, 5.74) is -0.987. The summed E-state index contributed by atoms with van der Waals surface area (Å²) in [7, 11) is 0. The van der Waals surface area contributed by atoms with Crippen molar-refractivity contribution in [2.75, 3.05) is 0 Å². The average Bonchev–Trinajstić information content (AvgIpc) is 2.69. The summed E-state index contributed by atoms with van der Waals surface area (Å²) in [5.74, 6) is -3.22. The first kappa shape index (κ1) is 15.3. The fourth-order valence-corrected chi connectivity index (χ4v) is 2.18. The third-order valence-electron chi connectivity index (χ3n) is 3.19. The molecule has 1 aromatic rings. The molecule has 0 fully saturated rings. The van der Waals surface area contributed by atoms with Crippen LogP contribution in [0, 0.1) is 10.1 Å². The first-order chi connectivity index (χ1) is 10.3. The van der Waals surface area contributed by atoms with Crippen molar-refractivity contribution in [2.24, 2.45) is 0 Å². The standard InChI is InChI=1S/C13H11N3O6/c1-6(11(18)14-7(2)17)15-12(19)8-4-3-5-9(16(21)22)10(8)13(15)20/h3-6H,1-2H3,(H,14,17,18). The van der Waals surface area contributed by atoms with Crippen LogP contribution in [0.15, 0.2) is 18.2 Å². The van der Waals surface area contributed by atoms with E-state index in [2.05, 4.69) is 0 Å². The molecule has 1 aliphatic heterocycles. The molecule has 0 aromatic heterocycles. The molecule has 0 aliphatic carbocycles. The molecule has 9 nitrogen and oxygen atoms in total. The summed E-state index contributed by atoms with van der Waals surface area (Å²) in [6.07, 6.45) is 0. The highest BCUT2D eigenvalue weighted by atomic mass is 16.6. The highest BCUT2D eigenvalue weighted by Gasteiger charge is 2.44. The number of rotatable bonds is 3. The number of hydrogen-bond donors (Lipinski definition) is 1. The van der Waals surface area contributed by atoms with Crippen molar-refractivity contribution in [3.63, 3.8) is 0 Å². The summed E-state index contributed by atoms with van der Waals surface area (Å²) < 4.78 is 0. The monoisotopic (exact) mass is 305 g/mol. The van der Waals surface area contributed by atoms with Crippen LogP contribution >= 0.6 is 0 Å². The van der Waals surface area contributed by atoms with E-state index in [9.17, 15) is 29.3 Å². The van der Waals surface area contributed by atoms with Crippen LogP contribution in [0.25, 0.3) is 0 Å². The second kappa shape index (κ2) is 5.35. The van der Waals surface area contributed by atoms with Gasteiger partial charge in [-0.1, -0.05) is 6.07 Å². The van der Waals surface area contributed by atoms with Crippen LogP contribution in [0.3, 0.4) is 0 Å². The van der Waals surface area contributed by atoms with Crippen molar-refractivity contribution in [1.82, 2.24) is 10.2 Å². The fraction of sp³-hybridized carbons (Fsp3) is 0.231. The quantitative estimate of drug-likeness (QED) is 0.484. The van der Waals surface area contributed by atoms with E-state index in [1.54, 1.807) is 0 Å². The van der Waals surface area contributed by atoms with Gasteiger partial charge in [0.15, 0.2) is 0 Å². The summed E-state index contributed by atoms with van der Waals surface area (Å²) in [6.45, 7) is 2.36. The molecule has 1 aromatic carbocycles. The number of carbonyl (C=O) groups excluding carboxylic acids is 4. The summed E-state index contributed by atoms with van der Waals surface area (Å²) in [6, 6.07) is 2.40. The smallest absolute Gasteiger partial charge is 0.282 e. The molecule has 9 heteroatoms. The maximum Gasteiger partial charge on any atom is 0.282 e. The Bertz CT molecular complexity index is 726. The molecule has 1 atom stereocenters. The number of nitrogens with one attached hydrogen (secondary N) is 1. The Labute approximate surface area is 124 Å². The molecule has 0 radical (unpaired) electrons. The van der Waals surface area contributed by atoms with Crippen LogP contribution in [0.4, 0.5) is 5.69 Å². The molecule has 2 rings (SSSR count). The van der Waals surface area contributed by atoms with Crippen LogP contribution < -0.4 is 5.32 Å². The number of carbonyl (C=O) groups is 4. The molecule has 4 amide bonds. The lowest BCUT2D eigenvalue weighted by atomic mass is 10.1. The van der Waals surface area contributed by atoms with E-state index in [1.165, 1.54) is 19.1 Å². The van der Waals surface area contributed by atoms with Gasteiger partial charge in [0.1, 0.15) is 11.6 Å². The van der Waals surface area contributed by atoms with Crippen LogP contribution in [-0.4, -0.2) is 39.5 Å². The Kier molecular flexibility index (Phi) is 3.72. The Hall–Kier alpha value is -3.10. The summed E-state index contributed by atoms with van der Waals surface area (Å²) in [4.78, 5) is 58.0. The van der Waals surface area contributed by atoms with Crippen molar-refractivity contribution < 1.29 is 24.1 Å². The maximum atomic E-state index is 12.3. The Morgan fingerprint density at radius 2 is 1.91 bits per heavy atom. The van der Waals surface area contributed by atoms with Crippen LogP contribution in [0.1, 0.15) is 34.6 Å². The number of amides is 4. The predicted molar refractivity (Wildman–Crippen MR) is 71.9 cm³/mol. The van der Waals surface area contributed by atoms with E-state index in [-0.39, 0.29) is 11.1 Å². The number of fused-ring (bicyclic) bond motifs is 1. The van der Waals surface area contributed by atoms with E-state index in [4.69, 9.17) is 0 Å². The zero-order valence-corrected chi connectivity index (χ0v) is 11.7. The van der Waals surface area contributed by atoms with Gasteiger partial charge in [-0.05, 0) is 13.0 Å². The molecular weight excluding hydrogens is 294 g/mol. The number of nitrogens with zero attached hydrogens (tertiary/aromatic N) is 2. The van der Waals surface area contributed by atoms with Crippen LogP contribution in [0.2, 0.25) is 0 Å². The summed E-state index contributed by atoms with van der Waals surface area (Å²) in [5, 5.41) is 12.9. The Morgan fingerprint density at radius 3 is 2.45 bits per heavy atom. The number of imide groups is 2. The first-order valence-corrected chi connectivity index (χ1v) is 6.22. The Balaban J connectivity index is 2.43. The lowest BCUT2D eigenvalue weighted by Crippen LogP contribution is -2.48. The minimum Gasteiger partial charge on any atom is -0.295 e. The molecule has 1 heterocycles. The van der Waals surface area contributed by atoms with Crippen molar-refractivity contribution >= 4 is 29.3 Å². The molecule has 0 saturated carbocycles. The van der Waals surface area contributed by atoms with Gasteiger partial charge >= 0.3 is 0 Å². The average molecular weight is 305 g/mol. The maximum absolute atomic E-state index is 12.3. The third-order valence-corrected chi connectivity index (χ3v) is 3.19. The number of nitro groups is 1. The van der Waals surface area contributed by atoms with Crippen molar-refractivity contribution in [1.29, 1.82) is 0 Å². The minimum absolute atomic E-state index is 0.137. The number of nitro benzene ring substituents is 1. The predicted octanol–water partition coefficient (Wildman–Crippen LogP) is 0.242. The molecule has 1 N–H and O–H groups in total. The highest BCUT2D eigenvalue weighted by molar-refractivity contribution is 6.24. The van der Waals surface area contributed by atoms with Gasteiger partial charge in [0, 0.05) is 13.0 Å². The zero-order chi connectivity index (χ0) is 16.6. The molecule has 22 heavy (non-hydrogen) atoms. The molecule has 1 aliphatic rings. The second-order valence-electron chi connectivity index (χ2n) is 4.66. The zero-order valence-electron chi connectivity index (χ0n) is 11.7. The van der Waals surface area contributed by atoms with Crippen molar-refractivity contribution in [3.05, 3.63) is 39.4 Å². The molecular formula is C13H11N3O6. The lowest BCUT2D eigenvalue weighted by molar-refractivity contribution is -0.385. The molecule has 0 saturated heterocycles. The SMILES string of the molecule is CC(=O)NC(=O)C(C)N1C(=O)c2cccc([N+](=O)[O-])c2C1=O. The Morgan fingerprint density at radius 1 is 1.27 bits per heavy atom. The minimum atomic E-state index is -1.27. The van der Waals surface area contributed by atoms with E-state index in [0.717, 1.165) is 13.0 Å². The molecule has 0 spiro atoms. The normalized spacial score (nSPS) is 14.5. The van der Waals surface area contributed by atoms with Gasteiger partial charge < -0.3 is 0 Å². The summed E-state index contributed by atoms with van der Waals surface area (Å²) >= 11 is 0. The third kappa shape index (κ3) is 2.32. The highest BCUT2D eigenvalue weighted by Crippen LogP contribution is 2.31. The second-order valence-corrected chi connectivity index (χ2v) is 4.66. The van der Waals surface area contributed by atoms with E-state index >= 15 is 0 Å². The van der Waals surface area contributed by atoms with Gasteiger partial charge in [0.25, 0.3) is 17.5 Å². The van der Waals surface area contributed by atoms with Gasteiger partial charge in [-0.2, -0.15) is 0 Å².